The Morgan fingerprint density at radius 2 is 1.92 bits per heavy atom. The largest absolute Gasteiger partial charge is 0.498 e. The normalized spacial score (nSPS) is 18.6. The Bertz CT molecular complexity index is 756. The first-order valence-corrected chi connectivity index (χ1v) is 7.68. The number of methoxy groups -OCH3 is 1. The minimum Gasteiger partial charge on any atom is -0.465 e. The Kier molecular flexibility index (Phi) is 3.97. The van der Waals surface area contributed by atoms with Crippen LogP contribution in [0.1, 0.15) is 38.1 Å². The average molecular weight is 329 g/mol. The molecule has 2 aromatic heterocycles. The van der Waals surface area contributed by atoms with Crippen LogP contribution in [-0.4, -0.2) is 46.2 Å². The number of nitrogens with zero attached hydrogens (tertiary/aromatic N) is 3. The molecule has 0 aliphatic carbocycles. The number of carbonyl (C=O) groups is 1. The highest BCUT2D eigenvalue weighted by atomic mass is 16.7. The Labute approximate surface area is 141 Å². The van der Waals surface area contributed by atoms with E-state index in [4.69, 9.17) is 14.0 Å². The maximum absolute atomic E-state index is 11.6. The molecule has 0 N–H and O–H groups in total. The van der Waals surface area contributed by atoms with Crippen LogP contribution < -0.4 is 5.46 Å². The fourth-order valence-electron chi connectivity index (χ4n) is 2.35. The zero-order valence-electron chi connectivity index (χ0n) is 14.4. The number of ether oxygens (including phenoxy) is 1. The summed E-state index contributed by atoms with van der Waals surface area (Å²) in [6, 6.07) is 3.21. The molecule has 0 bridgehead atoms. The zero-order valence-corrected chi connectivity index (χ0v) is 14.4. The molecule has 0 saturated carbocycles. The molecular weight excluding hydrogens is 309 g/mol. The molecule has 7 nitrogen and oxygen atoms in total. The first kappa shape index (κ1) is 16.7. The maximum Gasteiger partial charge on any atom is 0.498 e. The second-order valence-electron chi connectivity index (χ2n) is 6.70. The molecule has 1 saturated heterocycles. The number of rotatable bonds is 3. The molecule has 3 rings (SSSR count). The predicted octanol–water partition coefficient (Wildman–Crippen LogP) is 1.35. The van der Waals surface area contributed by atoms with Gasteiger partial charge in [-0.1, -0.05) is 0 Å². The molecule has 1 fully saturated rings. The van der Waals surface area contributed by atoms with Crippen LogP contribution in [0, 0.1) is 0 Å². The van der Waals surface area contributed by atoms with Crippen molar-refractivity contribution in [2.45, 2.75) is 38.9 Å². The van der Waals surface area contributed by atoms with Crippen molar-refractivity contribution in [3.63, 3.8) is 0 Å². The SMILES string of the molecule is COC(=O)c1ccnc(-n2cc(B3OC(C)(C)C(C)(C)O3)cn2)c1. The van der Waals surface area contributed by atoms with Gasteiger partial charge in [0.2, 0.25) is 0 Å². The second-order valence-corrected chi connectivity index (χ2v) is 6.70. The Morgan fingerprint density at radius 3 is 2.54 bits per heavy atom. The topological polar surface area (TPSA) is 75.5 Å². The zero-order chi connectivity index (χ0) is 17.5. The van der Waals surface area contributed by atoms with Gasteiger partial charge in [-0.15, -0.1) is 0 Å². The molecular formula is C16H20BN3O4. The lowest BCUT2D eigenvalue weighted by Gasteiger charge is -2.32. The van der Waals surface area contributed by atoms with Gasteiger partial charge in [-0.05, 0) is 39.8 Å². The van der Waals surface area contributed by atoms with Crippen LogP contribution in [0.4, 0.5) is 0 Å². The van der Waals surface area contributed by atoms with Crippen LogP contribution >= 0.6 is 0 Å². The van der Waals surface area contributed by atoms with Crippen molar-refractivity contribution >= 4 is 18.6 Å². The molecule has 0 unspecified atom stereocenters. The van der Waals surface area contributed by atoms with E-state index in [0.29, 0.717) is 11.4 Å². The highest BCUT2D eigenvalue weighted by Crippen LogP contribution is 2.36. The van der Waals surface area contributed by atoms with E-state index in [2.05, 4.69) is 10.1 Å². The Morgan fingerprint density at radius 1 is 1.25 bits per heavy atom. The predicted molar refractivity (Wildman–Crippen MR) is 88.4 cm³/mol. The van der Waals surface area contributed by atoms with Gasteiger partial charge in [0.1, 0.15) is 0 Å². The fraction of sp³-hybridized carbons (Fsp3) is 0.438. The summed E-state index contributed by atoms with van der Waals surface area (Å²) in [7, 11) is 0.847. The van der Waals surface area contributed by atoms with E-state index >= 15 is 0 Å². The van der Waals surface area contributed by atoms with E-state index in [0.717, 1.165) is 5.46 Å². The third-order valence-electron chi connectivity index (χ3n) is 4.53. The molecule has 1 aliphatic heterocycles. The van der Waals surface area contributed by atoms with Gasteiger partial charge in [0.05, 0.1) is 23.9 Å². The number of pyridine rings is 1. The van der Waals surface area contributed by atoms with Gasteiger partial charge >= 0.3 is 13.1 Å². The molecule has 126 valence electrons. The summed E-state index contributed by atoms with van der Waals surface area (Å²) in [5.74, 6) is 0.0951. The van der Waals surface area contributed by atoms with E-state index < -0.39 is 24.3 Å². The Hall–Kier alpha value is -2.19. The van der Waals surface area contributed by atoms with Gasteiger partial charge in [0.15, 0.2) is 5.82 Å². The number of hydrogen-bond donors (Lipinski definition) is 0. The molecule has 0 radical (unpaired) electrons. The summed E-state index contributed by atoms with van der Waals surface area (Å²) in [5.41, 5.74) is 0.375. The van der Waals surface area contributed by atoms with Crippen molar-refractivity contribution in [1.29, 1.82) is 0 Å². The van der Waals surface area contributed by atoms with E-state index in [9.17, 15) is 4.79 Å². The smallest absolute Gasteiger partial charge is 0.465 e. The highest BCUT2D eigenvalue weighted by molar-refractivity contribution is 6.62. The van der Waals surface area contributed by atoms with Crippen molar-refractivity contribution < 1.29 is 18.8 Å². The number of hydrogen-bond acceptors (Lipinski definition) is 6. The standard InChI is InChI=1S/C16H20BN3O4/c1-15(2)16(3,4)24-17(23-15)12-9-19-20(10-12)13-8-11(6-7-18-13)14(21)22-5/h6-10H,1-5H3. The van der Waals surface area contributed by atoms with Gasteiger partial charge in [0, 0.05) is 24.1 Å². The summed E-state index contributed by atoms with van der Waals surface area (Å²) in [4.78, 5) is 15.9. The number of carbonyl (C=O) groups excluding carboxylic acids is 1. The van der Waals surface area contributed by atoms with Crippen LogP contribution in [0.3, 0.4) is 0 Å². The lowest BCUT2D eigenvalue weighted by atomic mass is 9.82. The second kappa shape index (κ2) is 5.72. The van der Waals surface area contributed by atoms with Crippen molar-refractivity contribution in [3.05, 3.63) is 36.3 Å². The number of esters is 1. The van der Waals surface area contributed by atoms with Crippen LogP contribution in [0.5, 0.6) is 0 Å². The van der Waals surface area contributed by atoms with Crippen molar-refractivity contribution in [2.24, 2.45) is 0 Å². The summed E-state index contributed by atoms with van der Waals surface area (Å²) >= 11 is 0. The summed E-state index contributed by atoms with van der Waals surface area (Å²) in [5, 5.41) is 4.29. The first-order valence-electron chi connectivity index (χ1n) is 7.68. The monoisotopic (exact) mass is 329 g/mol. The van der Waals surface area contributed by atoms with Gasteiger partial charge in [-0.2, -0.15) is 5.10 Å². The van der Waals surface area contributed by atoms with Gasteiger partial charge in [-0.25, -0.2) is 14.5 Å². The van der Waals surface area contributed by atoms with E-state index in [1.54, 1.807) is 29.2 Å². The minimum atomic E-state index is -0.493. The lowest BCUT2D eigenvalue weighted by Crippen LogP contribution is -2.41. The van der Waals surface area contributed by atoms with Crippen LogP contribution in [0.25, 0.3) is 5.82 Å². The molecule has 0 amide bonds. The molecule has 2 aromatic rings. The van der Waals surface area contributed by atoms with Gasteiger partial charge in [-0.3, -0.25) is 0 Å². The van der Waals surface area contributed by atoms with E-state index in [1.165, 1.54) is 13.3 Å². The molecule has 1 aliphatic rings. The van der Waals surface area contributed by atoms with Gasteiger partial charge in [0.25, 0.3) is 0 Å². The number of aromatic nitrogens is 3. The van der Waals surface area contributed by atoms with Crippen LogP contribution in [0.2, 0.25) is 0 Å². The lowest BCUT2D eigenvalue weighted by molar-refractivity contribution is 0.00578. The third kappa shape index (κ3) is 2.83. The molecule has 0 spiro atoms. The molecule has 0 atom stereocenters. The fourth-order valence-corrected chi connectivity index (χ4v) is 2.35. The average Bonchev–Trinajstić information content (AvgIpc) is 3.10. The molecule has 24 heavy (non-hydrogen) atoms. The summed E-state index contributed by atoms with van der Waals surface area (Å²) < 4.78 is 18.3. The van der Waals surface area contributed by atoms with Crippen LogP contribution in [0.15, 0.2) is 30.7 Å². The minimum absolute atomic E-state index is 0.412. The maximum atomic E-state index is 11.6. The highest BCUT2D eigenvalue weighted by Gasteiger charge is 2.52. The van der Waals surface area contributed by atoms with Gasteiger partial charge < -0.3 is 14.0 Å². The summed E-state index contributed by atoms with van der Waals surface area (Å²) in [6.45, 7) is 8.00. The third-order valence-corrected chi connectivity index (χ3v) is 4.53. The van der Waals surface area contributed by atoms with Crippen molar-refractivity contribution in [2.75, 3.05) is 7.11 Å². The van der Waals surface area contributed by atoms with Crippen molar-refractivity contribution in [3.8, 4) is 5.82 Å². The molecule has 3 heterocycles. The van der Waals surface area contributed by atoms with Crippen molar-refractivity contribution in [1.82, 2.24) is 14.8 Å². The van der Waals surface area contributed by atoms with E-state index in [-0.39, 0.29) is 0 Å². The van der Waals surface area contributed by atoms with Crippen LogP contribution in [-0.2, 0) is 14.0 Å². The van der Waals surface area contributed by atoms with E-state index in [1.807, 2.05) is 27.7 Å². The molecule has 8 heteroatoms. The molecule has 0 aromatic carbocycles. The summed E-state index contributed by atoms with van der Waals surface area (Å²) in [6.07, 6.45) is 5.00. The quantitative estimate of drug-likeness (QED) is 0.625. The first-order chi connectivity index (χ1) is 11.2. The Balaban J connectivity index is 1.86.